The van der Waals surface area contributed by atoms with E-state index in [-0.39, 0.29) is 6.09 Å². The number of aromatic nitrogens is 2. The smallest absolute Gasteiger partial charge is 0.410 e. The van der Waals surface area contributed by atoms with Gasteiger partial charge >= 0.3 is 6.09 Å². The zero-order chi connectivity index (χ0) is 19.3. The van der Waals surface area contributed by atoms with E-state index in [1.54, 1.807) is 0 Å². The Hall–Kier alpha value is -2.53. The lowest BCUT2D eigenvalue weighted by atomic mass is 9.98. The predicted molar refractivity (Wildman–Crippen MR) is 110 cm³/mol. The lowest BCUT2D eigenvalue weighted by molar-refractivity contribution is 0.0769. The summed E-state index contributed by atoms with van der Waals surface area (Å²) in [5.41, 5.74) is 3.07. The minimum Gasteiger partial charge on any atom is -0.445 e. The molecule has 1 aromatic heterocycles. The van der Waals surface area contributed by atoms with Gasteiger partial charge in [-0.15, -0.1) is 11.6 Å². The molecule has 1 fully saturated rings. The Morgan fingerprint density at radius 3 is 2.75 bits per heavy atom. The van der Waals surface area contributed by atoms with E-state index in [0.717, 1.165) is 48.4 Å². The summed E-state index contributed by atoms with van der Waals surface area (Å²) in [6.45, 7) is 2.56. The maximum atomic E-state index is 12.5. The zero-order valence-electron chi connectivity index (χ0n) is 15.8. The van der Waals surface area contributed by atoms with Gasteiger partial charge in [0.2, 0.25) is 0 Å². The van der Waals surface area contributed by atoms with Crippen molar-refractivity contribution in [3.63, 3.8) is 0 Å². The number of hydrogen-bond acceptors (Lipinski definition) is 3. The van der Waals surface area contributed by atoms with Crippen LogP contribution >= 0.6 is 11.6 Å². The van der Waals surface area contributed by atoms with Crippen molar-refractivity contribution in [2.24, 2.45) is 5.92 Å². The second-order valence-corrected chi connectivity index (χ2v) is 7.52. The molecule has 1 aliphatic heterocycles. The molecular formula is C22H24ClN3O2. The van der Waals surface area contributed by atoms with E-state index in [2.05, 4.69) is 15.6 Å². The van der Waals surface area contributed by atoms with Gasteiger partial charge in [0, 0.05) is 19.6 Å². The summed E-state index contributed by atoms with van der Waals surface area (Å²) in [6.07, 6.45) is 1.83. The minimum atomic E-state index is -0.235. The number of alkyl halides is 1. The van der Waals surface area contributed by atoms with E-state index in [4.69, 9.17) is 16.3 Å². The van der Waals surface area contributed by atoms with Gasteiger partial charge in [-0.05, 0) is 36.5 Å². The number of para-hydroxylation sites is 2. The summed E-state index contributed by atoms with van der Waals surface area (Å²) < 4.78 is 7.71. The maximum absolute atomic E-state index is 12.5. The van der Waals surface area contributed by atoms with Gasteiger partial charge in [-0.25, -0.2) is 9.78 Å². The van der Waals surface area contributed by atoms with Crippen LogP contribution in [0.5, 0.6) is 0 Å². The molecule has 4 rings (SSSR count). The quantitative estimate of drug-likeness (QED) is 0.579. The fraction of sp³-hybridized carbons (Fsp3) is 0.364. The van der Waals surface area contributed by atoms with Crippen molar-refractivity contribution in [1.29, 1.82) is 0 Å². The van der Waals surface area contributed by atoms with Gasteiger partial charge in [-0.3, -0.25) is 0 Å². The molecule has 1 saturated heterocycles. The van der Waals surface area contributed by atoms with Crippen LogP contribution in [0.15, 0.2) is 54.6 Å². The number of carbonyl (C=O) groups excluding carboxylic acids is 1. The first kappa shape index (κ1) is 18.8. The molecule has 6 heteroatoms. The van der Waals surface area contributed by atoms with Crippen LogP contribution in [0.1, 0.15) is 24.2 Å². The van der Waals surface area contributed by atoms with Crippen molar-refractivity contribution < 1.29 is 9.53 Å². The molecule has 1 aliphatic rings. The number of nitrogens with zero attached hydrogens (tertiary/aromatic N) is 3. The first-order valence-corrected chi connectivity index (χ1v) is 10.2. The zero-order valence-corrected chi connectivity index (χ0v) is 16.5. The number of imidazole rings is 1. The highest BCUT2D eigenvalue weighted by Gasteiger charge is 2.26. The van der Waals surface area contributed by atoms with Crippen LogP contribution in [0, 0.1) is 5.92 Å². The Bertz CT molecular complexity index is 941. The number of rotatable bonds is 5. The van der Waals surface area contributed by atoms with Crippen LogP contribution in [0.4, 0.5) is 4.79 Å². The molecule has 2 heterocycles. The summed E-state index contributed by atoms with van der Waals surface area (Å²) in [5, 5.41) is 0. The van der Waals surface area contributed by atoms with E-state index in [1.807, 2.05) is 53.4 Å². The van der Waals surface area contributed by atoms with Gasteiger partial charge in [0.1, 0.15) is 12.4 Å². The second kappa shape index (κ2) is 8.65. The molecule has 28 heavy (non-hydrogen) atoms. The number of likely N-dealkylation sites (tertiary alicyclic amines) is 1. The lowest BCUT2D eigenvalue weighted by Crippen LogP contribution is -2.41. The number of amides is 1. The van der Waals surface area contributed by atoms with Gasteiger partial charge in [-0.2, -0.15) is 0 Å². The van der Waals surface area contributed by atoms with Crippen molar-refractivity contribution >= 4 is 28.7 Å². The van der Waals surface area contributed by atoms with Crippen LogP contribution in [0.3, 0.4) is 0 Å². The first-order chi connectivity index (χ1) is 13.7. The molecule has 1 atom stereocenters. The van der Waals surface area contributed by atoms with Crippen molar-refractivity contribution in [1.82, 2.24) is 14.5 Å². The average molecular weight is 398 g/mol. The Morgan fingerprint density at radius 2 is 1.93 bits per heavy atom. The van der Waals surface area contributed by atoms with Gasteiger partial charge < -0.3 is 14.2 Å². The molecule has 146 valence electrons. The van der Waals surface area contributed by atoms with Crippen LogP contribution in [0.2, 0.25) is 0 Å². The van der Waals surface area contributed by atoms with Crippen molar-refractivity contribution in [3.05, 3.63) is 66.0 Å². The highest BCUT2D eigenvalue weighted by Crippen LogP contribution is 2.24. The molecule has 0 spiro atoms. The molecule has 1 amide bonds. The largest absolute Gasteiger partial charge is 0.445 e. The average Bonchev–Trinajstić information content (AvgIpc) is 3.10. The first-order valence-electron chi connectivity index (χ1n) is 9.70. The van der Waals surface area contributed by atoms with Crippen molar-refractivity contribution in [3.8, 4) is 0 Å². The Morgan fingerprint density at radius 1 is 1.14 bits per heavy atom. The Labute approximate surface area is 169 Å². The van der Waals surface area contributed by atoms with Gasteiger partial charge in [0.25, 0.3) is 0 Å². The molecular weight excluding hydrogens is 374 g/mol. The number of benzene rings is 2. The van der Waals surface area contributed by atoms with Crippen molar-refractivity contribution in [2.45, 2.75) is 31.9 Å². The highest BCUT2D eigenvalue weighted by molar-refractivity contribution is 6.16. The van der Waals surface area contributed by atoms with E-state index >= 15 is 0 Å². The van der Waals surface area contributed by atoms with E-state index in [0.29, 0.717) is 24.9 Å². The van der Waals surface area contributed by atoms with E-state index < -0.39 is 0 Å². The minimum absolute atomic E-state index is 0.235. The van der Waals surface area contributed by atoms with Gasteiger partial charge in [0.05, 0.1) is 16.9 Å². The SMILES string of the molecule is O=C(OCc1ccccc1)N1CCCC(Cn2c(CCl)nc3ccccc32)C1. The maximum Gasteiger partial charge on any atom is 0.410 e. The second-order valence-electron chi connectivity index (χ2n) is 7.26. The normalized spacial score (nSPS) is 17.0. The van der Waals surface area contributed by atoms with Gasteiger partial charge in [0.15, 0.2) is 0 Å². The summed E-state index contributed by atoms with van der Waals surface area (Å²) in [4.78, 5) is 19.0. The van der Waals surface area contributed by atoms with Crippen LogP contribution in [-0.2, 0) is 23.8 Å². The molecule has 0 N–H and O–H groups in total. The molecule has 3 aromatic rings. The monoisotopic (exact) mass is 397 g/mol. The van der Waals surface area contributed by atoms with E-state index in [1.165, 1.54) is 0 Å². The Kier molecular flexibility index (Phi) is 5.81. The lowest BCUT2D eigenvalue weighted by Gasteiger charge is -2.32. The third kappa shape index (κ3) is 4.14. The van der Waals surface area contributed by atoms with Crippen LogP contribution < -0.4 is 0 Å². The molecule has 0 radical (unpaired) electrons. The van der Waals surface area contributed by atoms with Crippen molar-refractivity contribution in [2.75, 3.05) is 13.1 Å². The number of ether oxygens (including phenoxy) is 1. The fourth-order valence-electron chi connectivity index (χ4n) is 3.88. The number of halogens is 1. The topological polar surface area (TPSA) is 47.4 Å². The third-order valence-corrected chi connectivity index (χ3v) is 5.52. The molecule has 5 nitrogen and oxygen atoms in total. The van der Waals surface area contributed by atoms with E-state index in [9.17, 15) is 4.79 Å². The van der Waals surface area contributed by atoms with Gasteiger partial charge in [-0.1, -0.05) is 42.5 Å². The molecule has 0 bridgehead atoms. The molecule has 2 aromatic carbocycles. The number of fused-ring (bicyclic) bond motifs is 1. The number of piperidine rings is 1. The number of carbonyl (C=O) groups is 1. The van der Waals surface area contributed by atoms with Crippen LogP contribution in [0.25, 0.3) is 11.0 Å². The summed E-state index contributed by atoms with van der Waals surface area (Å²) in [7, 11) is 0. The summed E-state index contributed by atoms with van der Waals surface area (Å²) >= 11 is 6.13. The predicted octanol–water partition coefficient (Wildman–Crippen LogP) is 4.82. The van der Waals surface area contributed by atoms with Crippen LogP contribution in [-0.4, -0.2) is 33.6 Å². The Balaban J connectivity index is 1.41. The summed E-state index contributed by atoms with van der Waals surface area (Å²) in [6, 6.07) is 17.9. The number of hydrogen-bond donors (Lipinski definition) is 0. The third-order valence-electron chi connectivity index (χ3n) is 5.28. The molecule has 0 aliphatic carbocycles. The highest BCUT2D eigenvalue weighted by atomic mass is 35.5. The molecule has 1 unspecified atom stereocenters. The summed E-state index contributed by atoms with van der Waals surface area (Å²) in [5.74, 6) is 1.62. The standard InChI is InChI=1S/C22H24ClN3O2/c23-13-21-24-19-10-4-5-11-20(19)26(21)15-18-9-6-12-25(14-18)22(27)28-16-17-7-2-1-3-8-17/h1-5,7-8,10-11,18H,6,9,12-16H2. The fourth-order valence-corrected chi connectivity index (χ4v) is 4.08. The molecule has 0 saturated carbocycles.